The fraction of sp³-hybridized carbons (Fsp3) is 0.0800. The first kappa shape index (κ1) is 41.4. The van der Waals surface area contributed by atoms with Gasteiger partial charge in [0.25, 0.3) is 0 Å². The third-order valence-electron chi connectivity index (χ3n) is 10.1. The first-order valence-electron chi connectivity index (χ1n) is 19.8. The second kappa shape index (κ2) is 18.3. The van der Waals surface area contributed by atoms with Crippen LogP contribution in [-0.4, -0.2) is 13.1 Å². The molecule has 0 saturated heterocycles. The van der Waals surface area contributed by atoms with Gasteiger partial charge in [0.1, 0.15) is 0 Å². The molecule has 11 aromatic heterocycles. The van der Waals surface area contributed by atoms with Gasteiger partial charge in [-0.05, 0) is 133 Å². The van der Waals surface area contributed by atoms with Gasteiger partial charge < -0.3 is 9.69 Å². The van der Waals surface area contributed by atoms with Gasteiger partial charge in [0.15, 0.2) is 0 Å². The average Bonchev–Trinajstić information content (AvgIpc) is 4.13. The van der Waals surface area contributed by atoms with E-state index in [0.29, 0.717) is 13.1 Å². The summed E-state index contributed by atoms with van der Waals surface area (Å²) in [6.45, 7) is 15.3. The molecule has 306 valence electrons. The van der Waals surface area contributed by atoms with Gasteiger partial charge in [0.05, 0.1) is 12.8 Å². The van der Waals surface area contributed by atoms with Crippen LogP contribution < -0.4 is 0 Å². The van der Waals surface area contributed by atoms with Crippen LogP contribution in [0.4, 0.5) is 0 Å². The lowest BCUT2D eigenvalue weighted by molar-refractivity contribution is 1.11. The molecule has 0 atom stereocenters. The predicted octanol–water partition coefficient (Wildman–Crippen LogP) is 20.0. The van der Waals surface area contributed by atoms with Crippen molar-refractivity contribution in [3.63, 3.8) is 0 Å². The lowest BCUT2D eigenvalue weighted by atomic mass is 10.3. The number of rotatable bonds is 14. The summed E-state index contributed by atoms with van der Waals surface area (Å²) < 4.78 is 0. The van der Waals surface area contributed by atoms with E-state index in [1.165, 1.54) is 107 Å². The highest BCUT2D eigenvalue weighted by molar-refractivity contribution is 7.32. The summed E-state index contributed by atoms with van der Waals surface area (Å²) in [5, 5.41) is 0. The Morgan fingerprint density at radius 2 is 0.365 bits per heavy atom. The molecule has 0 aromatic carbocycles. The first-order chi connectivity index (χ1) is 31.0. The second-order valence-electron chi connectivity index (χ2n) is 14.3. The van der Waals surface area contributed by atoms with Crippen LogP contribution >= 0.6 is 125 Å². The maximum absolute atomic E-state index is 7.09. The van der Waals surface area contributed by atoms with Crippen molar-refractivity contribution in [1.82, 2.24) is 0 Å². The van der Waals surface area contributed by atoms with Crippen LogP contribution in [0.2, 0.25) is 0 Å². The highest BCUT2D eigenvalue weighted by Gasteiger charge is 2.17. The molecule has 63 heavy (non-hydrogen) atoms. The Bertz CT molecular complexity index is 3200. The van der Waals surface area contributed by atoms with Crippen molar-refractivity contribution < 1.29 is 0 Å². The number of hydrogen-bond acceptors (Lipinski definition) is 11. The third-order valence-corrected chi connectivity index (χ3v) is 24.2. The van der Waals surface area contributed by atoms with E-state index in [9.17, 15) is 0 Å². The van der Waals surface area contributed by atoms with E-state index in [1.54, 1.807) is 0 Å². The Morgan fingerprint density at radius 1 is 0.222 bits per heavy atom. The van der Waals surface area contributed by atoms with Crippen LogP contribution in [-0.2, 0) is 12.8 Å². The minimum absolute atomic E-state index is 0.556. The molecule has 0 spiro atoms. The van der Waals surface area contributed by atoms with Crippen molar-refractivity contribution in [2.45, 2.75) is 12.8 Å². The average molecular weight is 1010 g/mol. The van der Waals surface area contributed by atoms with Crippen LogP contribution in [0.5, 0.6) is 0 Å². The molecule has 0 N–H and O–H groups in total. The van der Waals surface area contributed by atoms with Gasteiger partial charge in [0, 0.05) is 107 Å². The molecule has 2 nitrogen and oxygen atoms in total. The van der Waals surface area contributed by atoms with Gasteiger partial charge in [-0.2, -0.15) is 0 Å². The molecule has 0 aliphatic rings. The summed E-state index contributed by atoms with van der Waals surface area (Å²) >= 11 is 20.5. The number of nitrogens with zero attached hydrogens (tertiary/aromatic N) is 2. The number of hydrogen-bond donors (Lipinski definition) is 0. The molecule has 0 fully saturated rings. The Balaban J connectivity index is 0.733. The molecule has 11 aromatic rings. The van der Waals surface area contributed by atoms with E-state index in [0.717, 1.165) is 12.8 Å². The smallest absolute Gasteiger partial charge is 0.219 e. The zero-order chi connectivity index (χ0) is 42.3. The van der Waals surface area contributed by atoms with E-state index in [2.05, 4.69) is 143 Å². The van der Waals surface area contributed by atoms with Crippen molar-refractivity contribution >= 4 is 125 Å². The van der Waals surface area contributed by atoms with Gasteiger partial charge in [-0.3, -0.25) is 0 Å². The van der Waals surface area contributed by atoms with Gasteiger partial charge in [-0.15, -0.1) is 125 Å². The normalized spacial score (nSPS) is 11.4. The van der Waals surface area contributed by atoms with Crippen molar-refractivity contribution in [1.29, 1.82) is 0 Å². The van der Waals surface area contributed by atoms with E-state index < -0.39 is 0 Å². The quantitative estimate of drug-likeness (QED) is 0.0960. The van der Waals surface area contributed by atoms with Crippen LogP contribution in [0.15, 0.2) is 133 Å². The molecule has 0 aliphatic carbocycles. The molecule has 0 aliphatic heterocycles. The summed E-state index contributed by atoms with van der Waals surface area (Å²) in [4.78, 5) is 35.8. The standard InChI is InChI=1S/C50H30N2S11/c1-51-27-25-29-3-5-31(53-29)33-7-9-35(55-33)37-11-13-39(57-37)41-15-17-43(59-41)45-19-21-47(61-45)49-23-24-50(63-49)48-22-20-46(62-48)44-18-16-42(60-44)40-14-12-38(58-40)36-10-8-34(56-36)32-6-4-30(54-32)26-28-52-2/h3-24H,25-28H2. The minimum Gasteiger partial charge on any atom is -0.317 e. The predicted molar refractivity (Wildman–Crippen MR) is 288 cm³/mol. The van der Waals surface area contributed by atoms with Crippen molar-refractivity contribution in [3.05, 3.63) is 166 Å². The van der Waals surface area contributed by atoms with E-state index in [1.807, 2.05) is 125 Å². The Labute approximate surface area is 409 Å². The minimum atomic E-state index is 0.556. The van der Waals surface area contributed by atoms with Crippen molar-refractivity contribution in [2.24, 2.45) is 0 Å². The Kier molecular flexibility index (Phi) is 12.0. The van der Waals surface area contributed by atoms with Crippen LogP contribution in [0.3, 0.4) is 0 Å². The topological polar surface area (TPSA) is 8.72 Å². The van der Waals surface area contributed by atoms with Crippen LogP contribution in [0.1, 0.15) is 9.75 Å². The van der Waals surface area contributed by atoms with Gasteiger partial charge in [0.2, 0.25) is 13.1 Å². The summed E-state index contributed by atoms with van der Waals surface area (Å²) in [5.41, 5.74) is 0. The maximum Gasteiger partial charge on any atom is 0.219 e. The lowest BCUT2D eigenvalue weighted by Crippen LogP contribution is -1.80. The summed E-state index contributed by atoms with van der Waals surface area (Å²) in [5.74, 6) is 0. The first-order valence-corrected chi connectivity index (χ1v) is 28.8. The molecule has 11 rings (SSSR count). The summed E-state index contributed by atoms with van der Waals surface area (Å²) in [6.07, 6.45) is 1.67. The molecule has 0 unspecified atom stereocenters. The Morgan fingerprint density at radius 3 is 0.524 bits per heavy atom. The zero-order valence-corrected chi connectivity index (χ0v) is 41.9. The van der Waals surface area contributed by atoms with Crippen molar-refractivity contribution in [3.8, 4) is 97.5 Å². The van der Waals surface area contributed by atoms with Gasteiger partial charge >= 0.3 is 0 Å². The monoisotopic (exact) mass is 1010 g/mol. The molecule has 0 bridgehead atoms. The lowest BCUT2D eigenvalue weighted by Gasteiger charge is -1.93. The fourth-order valence-corrected chi connectivity index (χ4v) is 19.0. The molecular weight excluding hydrogens is 981 g/mol. The molecule has 0 radical (unpaired) electrons. The zero-order valence-electron chi connectivity index (χ0n) is 32.9. The summed E-state index contributed by atoms with van der Waals surface area (Å²) in [6, 6.07) is 49.6. The fourth-order valence-electron chi connectivity index (χ4n) is 7.05. The third kappa shape index (κ3) is 8.78. The molecule has 11 heterocycles. The van der Waals surface area contributed by atoms with Gasteiger partial charge in [-0.25, -0.2) is 13.1 Å². The molecule has 0 amide bonds. The summed E-state index contributed by atoms with van der Waals surface area (Å²) in [7, 11) is 0. The van der Waals surface area contributed by atoms with Crippen molar-refractivity contribution in [2.75, 3.05) is 13.1 Å². The van der Waals surface area contributed by atoms with Gasteiger partial charge in [-0.1, -0.05) is 0 Å². The highest BCUT2D eigenvalue weighted by Crippen LogP contribution is 2.49. The number of thiophene rings is 11. The Hall–Kier alpha value is -4.32. The van der Waals surface area contributed by atoms with E-state index in [4.69, 9.17) is 13.1 Å². The highest BCUT2D eigenvalue weighted by atomic mass is 32.1. The molecule has 0 saturated carbocycles. The SMILES string of the molecule is [C-]#[N+]CCc1ccc(-c2ccc(-c3ccc(-c4ccc(-c5ccc(-c6ccc(-c7ccc(-c8ccc(-c9ccc(-c%10ccc(-c%11ccc(CC[N+]#[C-])s%11)s%10)s9)s8)s7)s6)s5)s4)s3)s2)s1. The largest absolute Gasteiger partial charge is 0.317 e. The van der Waals surface area contributed by atoms with Crippen LogP contribution in [0, 0.1) is 13.1 Å². The molecular formula is C50H30N2S11. The van der Waals surface area contributed by atoms with E-state index >= 15 is 0 Å². The molecule has 13 heteroatoms. The maximum atomic E-state index is 7.09. The van der Waals surface area contributed by atoms with Crippen LogP contribution in [0.25, 0.3) is 107 Å². The van der Waals surface area contributed by atoms with E-state index in [-0.39, 0.29) is 0 Å². The second-order valence-corrected chi connectivity index (χ2v) is 26.4.